The first-order chi connectivity index (χ1) is 19.8. The second kappa shape index (κ2) is 12.5. The molecule has 0 bridgehead atoms. The Balaban J connectivity index is 1.49. The fourth-order valence-electron chi connectivity index (χ4n) is 4.80. The molecular weight excluding hydrogens is 537 g/mol. The van der Waals surface area contributed by atoms with Crippen LogP contribution in [0.1, 0.15) is 28.9 Å². The van der Waals surface area contributed by atoms with Gasteiger partial charge in [0.2, 0.25) is 0 Å². The highest BCUT2D eigenvalue weighted by Gasteiger charge is 2.20. The first-order valence-electron chi connectivity index (χ1n) is 13.2. The van der Waals surface area contributed by atoms with Crippen LogP contribution in [-0.4, -0.2) is 59.8 Å². The van der Waals surface area contributed by atoms with Crippen molar-refractivity contribution in [2.75, 3.05) is 32.8 Å². The van der Waals surface area contributed by atoms with Crippen LogP contribution in [0.2, 0.25) is 0 Å². The summed E-state index contributed by atoms with van der Waals surface area (Å²) < 4.78 is 49.8. The van der Waals surface area contributed by atoms with Crippen molar-refractivity contribution < 1.29 is 27.4 Å². The van der Waals surface area contributed by atoms with E-state index < -0.39 is 24.1 Å². The van der Waals surface area contributed by atoms with Gasteiger partial charge < -0.3 is 14.8 Å². The average Bonchev–Trinajstić information content (AvgIpc) is 2.97. The first-order valence-corrected chi connectivity index (χ1v) is 13.2. The van der Waals surface area contributed by atoms with Crippen LogP contribution in [0.15, 0.2) is 71.7 Å². The van der Waals surface area contributed by atoms with Crippen LogP contribution in [0.5, 0.6) is 5.75 Å². The minimum atomic E-state index is -2.92. The molecule has 8 nitrogen and oxygen atoms in total. The van der Waals surface area contributed by atoms with Crippen molar-refractivity contribution in [1.82, 2.24) is 19.8 Å². The molecule has 1 saturated heterocycles. The lowest BCUT2D eigenvalue weighted by Gasteiger charge is -2.27. The Morgan fingerprint density at radius 3 is 2.41 bits per heavy atom. The van der Waals surface area contributed by atoms with Gasteiger partial charge in [0.25, 0.3) is 11.5 Å². The topological polar surface area (TPSA) is 85.7 Å². The number of aromatic nitrogens is 2. The Hall–Kier alpha value is -4.22. The Labute approximate surface area is 234 Å². The summed E-state index contributed by atoms with van der Waals surface area (Å²) in [6, 6.07) is 14.8. The van der Waals surface area contributed by atoms with E-state index in [-0.39, 0.29) is 17.1 Å². The normalized spacial score (nSPS) is 14.8. The van der Waals surface area contributed by atoms with Crippen LogP contribution in [0.3, 0.4) is 0 Å². The number of benzene rings is 2. The van der Waals surface area contributed by atoms with Crippen LogP contribution in [-0.2, 0) is 11.3 Å². The van der Waals surface area contributed by atoms with Crippen molar-refractivity contribution in [2.24, 2.45) is 0 Å². The zero-order valence-electron chi connectivity index (χ0n) is 22.4. The molecule has 11 heteroatoms. The number of fused-ring (bicyclic) bond motifs is 1. The highest BCUT2D eigenvalue weighted by atomic mass is 19.3. The molecule has 1 unspecified atom stereocenters. The van der Waals surface area contributed by atoms with Gasteiger partial charge in [-0.1, -0.05) is 24.3 Å². The van der Waals surface area contributed by atoms with E-state index in [2.05, 4.69) is 19.9 Å². The lowest BCUT2D eigenvalue weighted by molar-refractivity contribution is -0.0498. The standard InChI is InChI=1S/C30H29F3N4O4/c1-19(20-2-6-24(31)7-3-20)35-28(38)26-17-22-16-23(21-4-8-25(9-5-21)41-30(32)33)18-34-27(22)37(29(26)39)11-10-36-12-14-40-15-13-36/h2-9,16-19,30H,10-15H2,1H3,(H,35,38). The molecule has 1 fully saturated rings. The number of carbonyl (C=O) groups is 1. The van der Waals surface area contributed by atoms with Crippen molar-refractivity contribution in [3.63, 3.8) is 0 Å². The molecule has 1 N–H and O–H groups in total. The monoisotopic (exact) mass is 566 g/mol. The number of morpholine rings is 1. The van der Waals surface area contributed by atoms with Crippen LogP contribution < -0.4 is 15.6 Å². The number of amides is 1. The second-order valence-electron chi connectivity index (χ2n) is 9.76. The largest absolute Gasteiger partial charge is 0.435 e. The first kappa shape index (κ1) is 28.3. The van der Waals surface area contributed by atoms with Gasteiger partial charge in [-0.25, -0.2) is 9.37 Å². The summed E-state index contributed by atoms with van der Waals surface area (Å²) in [6.07, 6.45) is 1.60. The molecule has 0 radical (unpaired) electrons. The summed E-state index contributed by atoms with van der Waals surface area (Å²) in [7, 11) is 0. The van der Waals surface area contributed by atoms with Crippen molar-refractivity contribution in [3.05, 3.63) is 94.2 Å². The van der Waals surface area contributed by atoms with Gasteiger partial charge in [0.1, 0.15) is 22.8 Å². The van der Waals surface area contributed by atoms with Crippen LogP contribution in [0.4, 0.5) is 13.2 Å². The maximum Gasteiger partial charge on any atom is 0.387 e. The number of halogens is 3. The van der Waals surface area contributed by atoms with Gasteiger partial charge in [-0.2, -0.15) is 8.78 Å². The third-order valence-corrected chi connectivity index (χ3v) is 7.04. The Bertz CT molecular complexity index is 1570. The van der Waals surface area contributed by atoms with E-state index >= 15 is 0 Å². The summed E-state index contributed by atoms with van der Waals surface area (Å²) in [5.74, 6) is -0.916. The molecule has 41 heavy (non-hydrogen) atoms. The van der Waals surface area contributed by atoms with Crippen molar-refractivity contribution >= 4 is 16.9 Å². The van der Waals surface area contributed by atoms with Crippen molar-refractivity contribution in [3.8, 4) is 16.9 Å². The van der Waals surface area contributed by atoms with Gasteiger partial charge in [-0.05, 0) is 54.4 Å². The maximum absolute atomic E-state index is 13.6. The SMILES string of the molecule is CC(NC(=O)c1cc2cc(-c3ccc(OC(F)F)cc3)cnc2n(CCN2CCOCC2)c1=O)c1ccc(F)cc1. The van der Waals surface area contributed by atoms with Gasteiger partial charge >= 0.3 is 6.61 Å². The number of pyridine rings is 2. The molecule has 1 amide bonds. The van der Waals surface area contributed by atoms with E-state index in [4.69, 9.17) is 4.74 Å². The number of hydrogen-bond donors (Lipinski definition) is 1. The minimum Gasteiger partial charge on any atom is -0.435 e. The predicted molar refractivity (Wildman–Crippen MR) is 148 cm³/mol. The predicted octanol–water partition coefficient (Wildman–Crippen LogP) is 4.63. The molecule has 1 aliphatic heterocycles. The Kier molecular flexibility index (Phi) is 8.65. The summed E-state index contributed by atoms with van der Waals surface area (Å²) in [6.45, 7) is 2.43. The highest BCUT2D eigenvalue weighted by molar-refractivity contribution is 5.97. The van der Waals surface area contributed by atoms with Gasteiger partial charge in [-0.15, -0.1) is 0 Å². The van der Waals surface area contributed by atoms with Crippen molar-refractivity contribution in [2.45, 2.75) is 26.1 Å². The molecule has 1 aliphatic rings. The molecule has 2 aromatic carbocycles. The minimum absolute atomic E-state index is 0.0312. The smallest absolute Gasteiger partial charge is 0.387 e. The van der Waals surface area contributed by atoms with E-state index in [1.54, 1.807) is 43.5 Å². The summed E-state index contributed by atoms with van der Waals surface area (Å²) in [5, 5.41) is 3.41. The Morgan fingerprint density at radius 1 is 1.02 bits per heavy atom. The van der Waals surface area contributed by atoms with Crippen LogP contribution in [0.25, 0.3) is 22.2 Å². The van der Waals surface area contributed by atoms with Crippen LogP contribution >= 0.6 is 0 Å². The highest BCUT2D eigenvalue weighted by Crippen LogP contribution is 2.26. The van der Waals surface area contributed by atoms with Gasteiger partial charge in [0.05, 0.1) is 19.3 Å². The third-order valence-electron chi connectivity index (χ3n) is 7.04. The Morgan fingerprint density at radius 2 is 1.73 bits per heavy atom. The molecule has 4 aromatic rings. The fraction of sp³-hybridized carbons (Fsp3) is 0.300. The summed E-state index contributed by atoms with van der Waals surface area (Å²) >= 11 is 0. The number of carbonyl (C=O) groups excluding carboxylic acids is 1. The third kappa shape index (κ3) is 6.75. The number of alkyl halides is 2. The number of rotatable bonds is 9. The molecule has 0 spiro atoms. The maximum atomic E-state index is 13.6. The van der Waals surface area contributed by atoms with Crippen LogP contribution in [0, 0.1) is 5.82 Å². The number of nitrogens with one attached hydrogen (secondary N) is 1. The molecule has 0 aliphatic carbocycles. The molecule has 1 atom stereocenters. The molecule has 5 rings (SSSR count). The van der Waals surface area contributed by atoms with E-state index in [9.17, 15) is 22.8 Å². The number of hydrogen-bond acceptors (Lipinski definition) is 6. The quantitative estimate of drug-likeness (QED) is 0.318. The summed E-state index contributed by atoms with van der Waals surface area (Å²) in [5.41, 5.74) is 1.97. The van der Waals surface area contributed by atoms with Gasteiger partial charge in [0.15, 0.2) is 0 Å². The molecular formula is C30H29F3N4O4. The van der Waals surface area contributed by atoms with Crippen molar-refractivity contribution in [1.29, 1.82) is 0 Å². The average molecular weight is 567 g/mol. The summed E-state index contributed by atoms with van der Waals surface area (Å²) in [4.78, 5) is 33.8. The molecule has 2 aromatic heterocycles. The van der Waals surface area contributed by atoms with Gasteiger partial charge in [0, 0.05) is 43.3 Å². The molecule has 3 heterocycles. The molecule has 0 saturated carbocycles. The second-order valence-corrected chi connectivity index (χ2v) is 9.76. The van der Waals surface area contributed by atoms with Gasteiger partial charge in [-0.3, -0.25) is 19.1 Å². The molecule has 214 valence electrons. The zero-order chi connectivity index (χ0) is 28.9. The van der Waals surface area contributed by atoms with E-state index in [1.165, 1.54) is 34.9 Å². The lowest BCUT2D eigenvalue weighted by Crippen LogP contribution is -2.40. The van der Waals surface area contributed by atoms with E-state index in [0.717, 1.165) is 13.1 Å². The number of ether oxygens (including phenoxy) is 2. The lowest BCUT2D eigenvalue weighted by atomic mass is 10.0. The van der Waals surface area contributed by atoms with E-state index in [0.29, 0.717) is 54.0 Å². The van der Waals surface area contributed by atoms with E-state index in [1.807, 2.05) is 0 Å². The zero-order valence-corrected chi connectivity index (χ0v) is 22.4. The fourth-order valence-corrected chi connectivity index (χ4v) is 4.80. The number of nitrogens with zero attached hydrogens (tertiary/aromatic N) is 3.